The SMILES string of the molecule is CCC1CCCCN(C(N)=O)C1=O. The zero-order valence-corrected chi connectivity index (χ0v) is 7.95. The van der Waals surface area contributed by atoms with Gasteiger partial charge in [0.1, 0.15) is 0 Å². The molecule has 74 valence electrons. The minimum absolute atomic E-state index is 0.00463. The molecule has 1 heterocycles. The van der Waals surface area contributed by atoms with E-state index >= 15 is 0 Å². The van der Waals surface area contributed by atoms with Crippen LogP contribution in [0.5, 0.6) is 0 Å². The number of rotatable bonds is 1. The third kappa shape index (κ3) is 2.20. The van der Waals surface area contributed by atoms with E-state index in [0.29, 0.717) is 6.54 Å². The predicted molar refractivity (Wildman–Crippen MR) is 48.9 cm³/mol. The van der Waals surface area contributed by atoms with Crippen LogP contribution in [0.2, 0.25) is 0 Å². The van der Waals surface area contributed by atoms with E-state index in [1.807, 2.05) is 6.92 Å². The zero-order valence-electron chi connectivity index (χ0n) is 7.95. The molecule has 0 bridgehead atoms. The van der Waals surface area contributed by atoms with Gasteiger partial charge in [0.25, 0.3) is 0 Å². The minimum atomic E-state index is -0.606. The van der Waals surface area contributed by atoms with Gasteiger partial charge in [0, 0.05) is 12.5 Å². The average Bonchev–Trinajstić information content (AvgIpc) is 2.26. The summed E-state index contributed by atoms with van der Waals surface area (Å²) in [5.74, 6) is -0.0949. The van der Waals surface area contributed by atoms with Crippen LogP contribution in [-0.4, -0.2) is 23.4 Å². The minimum Gasteiger partial charge on any atom is -0.351 e. The number of nitrogens with two attached hydrogens (primary N) is 1. The van der Waals surface area contributed by atoms with Crippen molar-refractivity contribution in [3.05, 3.63) is 0 Å². The Morgan fingerprint density at radius 2 is 2.31 bits per heavy atom. The van der Waals surface area contributed by atoms with Gasteiger partial charge in [0.05, 0.1) is 0 Å². The van der Waals surface area contributed by atoms with Crippen LogP contribution in [0.25, 0.3) is 0 Å². The van der Waals surface area contributed by atoms with Gasteiger partial charge in [-0.25, -0.2) is 4.79 Å². The fourth-order valence-corrected chi connectivity index (χ4v) is 1.71. The van der Waals surface area contributed by atoms with Crippen LogP contribution >= 0.6 is 0 Å². The highest BCUT2D eigenvalue weighted by atomic mass is 16.2. The number of likely N-dealkylation sites (tertiary alicyclic amines) is 1. The Hall–Kier alpha value is -1.06. The molecule has 4 heteroatoms. The number of amides is 3. The summed E-state index contributed by atoms with van der Waals surface area (Å²) in [6.07, 6.45) is 3.57. The fraction of sp³-hybridized carbons (Fsp3) is 0.778. The summed E-state index contributed by atoms with van der Waals surface area (Å²) in [6, 6.07) is -0.606. The van der Waals surface area contributed by atoms with E-state index in [-0.39, 0.29) is 11.8 Å². The molecular weight excluding hydrogens is 168 g/mol. The molecule has 1 rings (SSSR count). The van der Waals surface area contributed by atoms with Crippen molar-refractivity contribution in [2.75, 3.05) is 6.54 Å². The van der Waals surface area contributed by atoms with Crippen molar-refractivity contribution in [1.29, 1.82) is 0 Å². The maximum absolute atomic E-state index is 11.6. The quantitative estimate of drug-likeness (QED) is 0.663. The van der Waals surface area contributed by atoms with Crippen molar-refractivity contribution >= 4 is 11.9 Å². The fourth-order valence-electron chi connectivity index (χ4n) is 1.71. The number of hydrogen-bond acceptors (Lipinski definition) is 2. The van der Waals surface area contributed by atoms with Gasteiger partial charge in [-0.3, -0.25) is 9.69 Å². The molecule has 1 atom stereocenters. The van der Waals surface area contributed by atoms with Gasteiger partial charge in [0.2, 0.25) is 5.91 Å². The molecule has 1 unspecified atom stereocenters. The van der Waals surface area contributed by atoms with Crippen molar-refractivity contribution in [1.82, 2.24) is 4.90 Å². The summed E-state index contributed by atoms with van der Waals surface area (Å²) in [5, 5.41) is 0. The van der Waals surface area contributed by atoms with E-state index in [1.54, 1.807) is 0 Å². The number of imide groups is 1. The van der Waals surface area contributed by atoms with Crippen LogP contribution in [0, 0.1) is 5.92 Å². The molecule has 0 spiro atoms. The number of nitrogens with zero attached hydrogens (tertiary/aromatic N) is 1. The number of urea groups is 1. The van der Waals surface area contributed by atoms with Gasteiger partial charge in [0.15, 0.2) is 0 Å². The maximum atomic E-state index is 11.6. The standard InChI is InChI=1S/C9H16N2O2/c1-2-7-5-3-4-6-11(8(7)12)9(10)13/h7H,2-6H2,1H3,(H2,10,13). The predicted octanol–water partition coefficient (Wildman–Crippen LogP) is 1.10. The van der Waals surface area contributed by atoms with E-state index < -0.39 is 6.03 Å². The topological polar surface area (TPSA) is 63.4 Å². The molecule has 0 radical (unpaired) electrons. The van der Waals surface area contributed by atoms with Gasteiger partial charge in [-0.15, -0.1) is 0 Å². The summed E-state index contributed by atoms with van der Waals surface area (Å²) in [6.45, 7) is 2.46. The Morgan fingerprint density at radius 1 is 1.62 bits per heavy atom. The van der Waals surface area contributed by atoms with Crippen molar-refractivity contribution in [3.8, 4) is 0 Å². The van der Waals surface area contributed by atoms with Crippen LogP contribution in [-0.2, 0) is 4.79 Å². The van der Waals surface area contributed by atoms with Crippen LogP contribution in [0.3, 0.4) is 0 Å². The normalized spacial score (nSPS) is 24.2. The first-order valence-electron chi connectivity index (χ1n) is 4.77. The Labute approximate surface area is 78.1 Å². The summed E-state index contributed by atoms with van der Waals surface area (Å²) in [4.78, 5) is 23.7. The Bertz CT molecular complexity index is 216. The van der Waals surface area contributed by atoms with Crippen molar-refractivity contribution in [2.45, 2.75) is 32.6 Å². The molecule has 13 heavy (non-hydrogen) atoms. The van der Waals surface area contributed by atoms with Crippen LogP contribution in [0.15, 0.2) is 0 Å². The Balaban J connectivity index is 2.73. The van der Waals surface area contributed by atoms with Crippen molar-refractivity contribution in [2.24, 2.45) is 11.7 Å². The molecule has 4 nitrogen and oxygen atoms in total. The van der Waals surface area contributed by atoms with E-state index in [4.69, 9.17) is 5.73 Å². The zero-order chi connectivity index (χ0) is 9.84. The largest absolute Gasteiger partial charge is 0.351 e. The monoisotopic (exact) mass is 184 g/mol. The second-order valence-electron chi connectivity index (χ2n) is 3.43. The van der Waals surface area contributed by atoms with Gasteiger partial charge in [-0.2, -0.15) is 0 Å². The van der Waals surface area contributed by atoms with Crippen LogP contribution < -0.4 is 5.73 Å². The third-order valence-electron chi connectivity index (χ3n) is 2.56. The molecule has 0 aromatic rings. The molecule has 2 N–H and O–H groups in total. The number of carbonyl (C=O) groups is 2. The lowest BCUT2D eigenvalue weighted by Crippen LogP contribution is -2.43. The van der Waals surface area contributed by atoms with E-state index in [2.05, 4.69) is 0 Å². The van der Waals surface area contributed by atoms with E-state index in [9.17, 15) is 9.59 Å². The highest BCUT2D eigenvalue weighted by molar-refractivity contribution is 5.94. The lowest BCUT2D eigenvalue weighted by molar-refractivity contribution is -0.131. The van der Waals surface area contributed by atoms with E-state index in [1.165, 1.54) is 4.90 Å². The average molecular weight is 184 g/mol. The van der Waals surface area contributed by atoms with Crippen molar-refractivity contribution in [3.63, 3.8) is 0 Å². The van der Waals surface area contributed by atoms with E-state index in [0.717, 1.165) is 25.7 Å². The molecule has 1 fully saturated rings. The molecular formula is C9H16N2O2. The molecule has 3 amide bonds. The lowest BCUT2D eigenvalue weighted by atomic mass is 10.00. The Morgan fingerprint density at radius 3 is 2.85 bits per heavy atom. The molecule has 1 saturated heterocycles. The maximum Gasteiger partial charge on any atom is 0.321 e. The molecule has 0 saturated carbocycles. The van der Waals surface area contributed by atoms with Crippen LogP contribution in [0.1, 0.15) is 32.6 Å². The van der Waals surface area contributed by atoms with Crippen LogP contribution in [0.4, 0.5) is 4.79 Å². The first-order valence-corrected chi connectivity index (χ1v) is 4.77. The summed E-state index contributed by atoms with van der Waals surface area (Å²) < 4.78 is 0. The van der Waals surface area contributed by atoms with Gasteiger partial charge >= 0.3 is 6.03 Å². The molecule has 1 aliphatic heterocycles. The van der Waals surface area contributed by atoms with Gasteiger partial charge in [-0.05, 0) is 19.3 Å². The number of hydrogen-bond donors (Lipinski definition) is 1. The summed E-state index contributed by atoms with van der Waals surface area (Å²) >= 11 is 0. The second kappa shape index (κ2) is 4.25. The first kappa shape index (κ1) is 10.0. The molecule has 1 aliphatic rings. The third-order valence-corrected chi connectivity index (χ3v) is 2.56. The Kier molecular flexibility index (Phi) is 3.28. The first-order chi connectivity index (χ1) is 6.16. The number of carbonyl (C=O) groups excluding carboxylic acids is 2. The van der Waals surface area contributed by atoms with Crippen molar-refractivity contribution < 1.29 is 9.59 Å². The summed E-state index contributed by atoms with van der Waals surface area (Å²) in [7, 11) is 0. The molecule has 0 aromatic heterocycles. The number of primary amides is 1. The smallest absolute Gasteiger partial charge is 0.321 e. The molecule has 0 aromatic carbocycles. The molecule has 0 aliphatic carbocycles. The highest BCUT2D eigenvalue weighted by Gasteiger charge is 2.28. The summed E-state index contributed by atoms with van der Waals surface area (Å²) in [5.41, 5.74) is 5.11. The van der Waals surface area contributed by atoms with Gasteiger partial charge < -0.3 is 5.73 Å². The lowest BCUT2D eigenvalue weighted by Gasteiger charge is -2.19. The second-order valence-corrected chi connectivity index (χ2v) is 3.43. The van der Waals surface area contributed by atoms with Gasteiger partial charge in [-0.1, -0.05) is 13.3 Å². The highest BCUT2D eigenvalue weighted by Crippen LogP contribution is 2.20.